The fourth-order valence-electron chi connectivity index (χ4n) is 0.915. The Morgan fingerprint density at radius 2 is 2.36 bits per heavy atom. The van der Waals surface area contributed by atoms with Gasteiger partial charge in [0.1, 0.15) is 0 Å². The lowest BCUT2D eigenvalue weighted by molar-refractivity contribution is 0.577. The molecule has 1 N–H and O–H groups in total. The van der Waals surface area contributed by atoms with Crippen LogP contribution in [-0.2, 0) is 16.6 Å². The van der Waals surface area contributed by atoms with Gasteiger partial charge in [0.05, 0.1) is 23.5 Å². The summed E-state index contributed by atoms with van der Waals surface area (Å²) >= 11 is 1.46. The molecule has 1 aromatic rings. The normalized spacial score (nSPS) is 11.8. The van der Waals surface area contributed by atoms with Crippen molar-refractivity contribution in [1.82, 2.24) is 9.71 Å². The number of nitrogens with one attached hydrogen (secondary N) is 1. The third-order valence-electron chi connectivity index (χ3n) is 1.72. The maximum Gasteiger partial charge on any atom is 0.211 e. The van der Waals surface area contributed by atoms with Crippen molar-refractivity contribution in [3.8, 4) is 0 Å². The lowest BCUT2D eigenvalue weighted by atomic mass is 10.4. The highest BCUT2D eigenvalue weighted by Crippen LogP contribution is 2.01. The third kappa shape index (κ3) is 4.17. The minimum Gasteiger partial charge on any atom is -0.248 e. The average Bonchev–Trinajstić information content (AvgIpc) is 2.64. The molecule has 0 saturated heterocycles. The van der Waals surface area contributed by atoms with Gasteiger partial charge in [-0.05, 0) is 6.42 Å². The van der Waals surface area contributed by atoms with Gasteiger partial charge in [-0.25, -0.2) is 18.1 Å². The maximum absolute atomic E-state index is 11.3. The lowest BCUT2D eigenvalue weighted by Gasteiger charge is -2.03. The molecule has 0 aliphatic rings. The molecule has 1 rings (SSSR count). The van der Waals surface area contributed by atoms with Crippen molar-refractivity contribution in [3.63, 3.8) is 0 Å². The molecule has 0 unspecified atom stereocenters. The van der Waals surface area contributed by atoms with Crippen LogP contribution in [0.15, 0.2) is 10.9 Å². The minimum atomic E-state index is -3.11. The Bertz CT molecular complexity index is 345. The molecular weight excluding hydrogens is 220 g/mol. The molecule has 80 valence electrons. The van der Waals surface area contributed by atoms with Crippen molar-refractivity contribution in [2.75, 3.05) is 5.75 Å². The van der Waals surface area contributed by atoms with Crippen molar-refractivity contribution in [1.29, 1.82) is 0 Å². The second-order valence-corrected chi connectivity index (χ2v) is 5.62. The summed E-state index contributed by atoms with van der Waals surface area (Å²) in [5.41, 5.74) is 2.46. The second kappa shape index (κ2) is 5.43. The van der Waals surface area contributed by atoms with Gasteiger partial charge in [0, 0.05) is 5.38 Å². The van der Waals surface area contributed by atoms with Crippen molar-refractivity contribution in [3.05, 3.63) is 16.6 Å². The number of unbranched alkanes of at least 4 members (excludes halogenated alkanes) is 1. The van der Waals surface area contributed by atoms with Gasteiger partial charge in [-0.3, -0.25) is 0 Å². The van der Waals surface area contributed by atoms with E-state index < -0.39 is 10.0 Å². The van der Waals surface area contributed by atoms with Crippen LogP contribution in [0.4, 0.5) is 0 Å². The topological polar surface area (TPSA) is 59.1 Å². The molecule has 0 saturated carbocycles. The average molecular weight is 234 g/mol. The maximum atomic E-state index is 11.3. The van der Waals surface area contributed by atoms with E-state index >= 15 is 0 Å². The third-order valence-corrected chi connectivity index (χ3v) is 3.77. The van der Waals surface area contributed by atoms with Crippen LogP contribution < -0.4 is 4.72 Å². The largest absolute Gasteiger partial charge is 0.248 e. The molecule has 0 spiro atoms. The van der Waals surface area contributed by atoms with Crippen LogP contribution in [0.25, 0.3) is 0 Å². The van der Waals surface area contributed by atoms with E-state index in [4.69, 9.17) is 0 Å². The Hall–Kier alpha value is -0.460. The van der Waals surface area contributed by atoms with Crippen LogP contribution in [0.3, 0.4) is 0 Å². The number of thiazole rings is 1. The number of nitrogens with zero attached hydrogens (tertiary/aromatic N) is 1. The molecule has 1 heterocycles. The summed E-state index contributed by atoms with van der Waals surface area (Å²) in [6, 6.07) is 0. The highest BCUT2D eigenvalue weighted by molar-refractivity contribution is 7.89. The first-order chi connectivity index (χ1) is 6.64. The van der Waals surface area contributed by atoms with Crippen LogP contribution >= 0.6 is 11.3 Å². The smallest absolute Gasteiger partial charge is 0.211 e. The van der Waals surface area contributed by atoms with E-state index in [1.165, 1.54) is 11.3 Å². The molecule has 0 atom stereocenters. The highest BCUT2D eigenvalue weighted by atomic mass is 32.2. The lowest BCUT2D eigenvalue weighted by Crippen LogP contribution is -2.25. The summed E-state index contributed by atoms with van der Waals surface area (Å²) in [7, 11) is -3.11. The minimum absolute atomic E-state index is 0.202. The summed E-state index contributed by atoms with van der Waals surface area (Å²) in [6.07, 6.45) is 1.59. The SMILES string of the molecule is CCCCS(=O)(=O)NCc1cscn1. The molecule has 4 nitrogen and oxygen atoms in total. The van der Waals surface area contributed by atoms with Crippen LogP contribution in [0.1, 0.15) is 25.5 Å². The Kier molecular flexibility index (Phi) is 4.50. The van der Waals surface area contributed by atoms with Crippen LogP contribution in [0.5, 0.6) is 0 Å². The molecule has 0 radical (unpaired) electrons. The molecule has 1 aromatic heterocycles. The zero-order valence-corrected chi connectivity index (χ0v) is 9.70. The van der Waals surface area contributed by atoms with Gasteiger partial charge in [0.15, 0.2) is 0 Å². The van der Waals surface area contributed by atoms with E-state index in [0.29, 0.717) is 13.0 Å². The Labute approximate surface area is 88.4 Å². The van der Waals surface area contributed by atoms with Gasteiger partial charge in [-0.1, -0.05) is 13.3 Å². The second-order valence-electron chi connectivity index (χ2n) is 2.97. The Morgan fingerprint density at radius 3 is 2.93 bits per heavy atom. The Morgan fingerprint density at radius 1 is 1.57 bits per heavy atom. The number of aromatic nitrogens is 1. The van der Waals surface area contributed by atoms with Crippen molar-refractivity contribution in [2.45, 2.75) is 26.3 Å². The van der Waals surface area contributed by atoms with E-state index in [1.54, 1.807) is 5.51 Å². The fourth-order valence-corrected chi connectivity index (χ4v) is 2.65. The standard InChI is InChI=1S/C8H14N2O2S2/c1-2-3-4-14(11,12)10-5-8-6-13-7-9-8/h6-7,10H,2-5H2,1H3. The number of rotatable bonds is 6. The molecule has 6 heteroatoms. The van der Waals surface area contributed by atoms with Gasteiger partial charge in [-0.15, -0.1) is 11.3 Å². The molecule has 0 aromatic carbocycles. The van der Waals surface area contributed by atoms with Gasteiger partial charge >= 0.3 is 0 Å². The predicted molar refractivity (Wildman–Crippen MR) is 57.6 cm³/mol. The van der Waals surface area contributed by atoms with E-state index in [-0.39, 0.29) is 5.75 Å². The van der Waals surface area contributed by atoms with Gasteiger partial charge in [0.2, 0.25) is 10.0 Å². The quantitative estimate of drug-likeness (QED) is 0.808. The van der Waals surface area contributed by atoms with Crippen molar-refractivity contribution >= 4 is 21.4 Å². The summed E-state index contributed by atoms with van der Waals surface area (Å²) in [6.45, 7) is 2.27. The summed E-state index contributed by atoms with van der Waals surface area (Å²) < 4.78 is 25.2. The van der Waals surface area contributed by atoms with Crippen LogP contribution in [0.2, 0.25) is 0 Å². The molecule has 0 bridgehead atoms. The zero-order valence-electron chi connectivity index (χ0n) is 8.06. The number of hydrogen-bond donors (Lipinski definition) is 1. The van der Waals surface area contributed by atoms with E-state index in [9.17, 15) is 8.42 Å². The summed E-state index contributed by atoms with van der Waals surface area (Å²) in [4.78, 5) is 3.99. The number of sulfonamides is 1. The monoisotopic (exact) mass is 234 g/mol. The van der Waals surface area contributed by atoms with Gasteiger partial charge in [-0.2, -0.15) is 0 Å². The predicted octanol–water partition coefficient (Wildman–Crippen LogP) is 1.36. The molecule has 0 fully saturated rings. The van der Waals surface area contributed by atoms with Crippen molar-refractivity contribution in [2.24, 2.45) is 0 Å². The molecule has 0 amide bonds. The highest BCUT2D eigenvalue weighted by Gasteiger charge is 2.08. The molecule has 0 aliphatic carbocycles. The molecular formula is C8H14N2O2S2. The summed E-state index contributed by atoms with van der Waals surface area (Å²) in [5.74, 6) is 0.202. The first kappa shape index (κ1) is 11.6. The van der Waals surface area contributed by atoms with Crippen molar-refractivity contribution < 1.29 is 8.42 Å². The van der Waals surface area contributed by atoms with E-state index in [0.717, 1.165) is 12.1 Å². The first-order valence-corrected chi connectivity index (χ1v) is 7.08. The van der Waals surface area contributed by atoms with E-state index in [2.05, 4.69) is 9.71 Å². The van der Waals surface area contributed by atoms with Crippen LogP contribution in [-0.4, -0.2) is 19.2 Å². The number of hydrogen-bond acceptors (Lipinski definition) is 4. The molecule has 14 heavy (non-hydrogen) atoms. The zero-order chi connectivity index (χ0) is 10.4. The Balaban J connectivity index is 2.37. The first-order valence-electron chi connectivity index (χ1n) is 4.48. The van der Waals surface area contributed by atoms with Gasteiger partial charge in [0.25, 0.3) is 0 Å². The van der Waals surface area contributed by atoms with E-state index in [1.807, 2.05) is 12.3 Å². The fraction of sp³-hybridized carbons (Fsp3) is 0.625. The van der Waals surface area contributed by atoms with Crippen LogP contribution in [0, 0.1) is 0 Å². The molecule has 0 aliphatic heterocycles. The van der Waals surface area contributed by atoms with Gasteiger partial charge < -0.3 is 0 Å². The summed E-state index contributed by atoms with van der Waals surface area (Å²) in [5, 5.41) is 1.84.